The molecule has 0 amide bonds. The van der Waals surface area contributed by atoms with Gasteiger partial charge in [0.25, 0.3) is 0 Å². The van der Waals surface area contributed by atoms with Crippen molar-refractivity contribution < 1.29 is 0 Å². The Hall–Kier alpha value is -1.56. The van der Waals surface area contributed by atoms with Crippen LogP contribution in [-0.2, 0) is 25.7 Å². The summed E-state index contributed by atoms with van der Waals surface area (Å²) in [7, 11) is 0. The van der Waals surface area contributed by atoms with Gasteiger partial charge in [0.05, 0.1) is 0 Å². The Kier molecular flexibility index (Phi) is 7.86. The van der Waals surface area contributed by atoms with E-state index in [1.54, 1.807) is 66.8 Å². The van der Waals surface area contributed by atoms with Crippen LogP contribution >= 0.6 is 0 Å². The molecule has 0 bridgehead atoms. The molecular formula is C36H54. The largest absolute Gasteiger partial charge is 0.0587 e. The summed E-state index contributed by atoms with van der Waals surface area (Å²) < 4.78 is 0. The number of rotatable bonds is 6. The smallest absolute Gasteiger partial charge is 0.00140 e. The summed E-state index contributed by atoms with van der Waals surface area (Å²) in [4.78, 5) is 0. The van der Waals surface area contributed by atoms with Crippen LogP contribution in [0.5, 0.6) is 0 Å². The van der Waals surface area contributed by atoms with Crippen LogP contribution in [0.3, 0.4) is 0 Å². The van der Waals surface area contributed by atoms with Crippen molar-refractivity contribution in [3.8, 4) is 0 Å². The van der Waals surface area contributed by atoms with E-state index in [2.05, 4.69) is 83.1 Å². The van der Waals surface area contributed by atoms with Crippen molar-refractivity contribution in [2.24, 2.45) is 0 Å². The Bertz CT molecular complexity index is 1040. The molecule has 2 aliphatic carbocycles. The van der Waals surface area contributed by atoms with Gasteiger partial charge < -0.3 is 0 Å². The third-order valence-corrected chi connectivity index (χ3v) is 9.19. The van der Waals surface area contributed by atoms with Gasteiger partial charge in [-0.3, -0.25) is 0 Å². The number of hydrogen-bond acceptors (Lipinski definition) is 0. The predicted molar refractivity (Wildman–Crippen MR) is 160 cm³/mol. The van der Waals surface area contributed by atoms with Gasteiger partial charge in [0, 0.05) is 0 Å². The van der Waals surface area contributed by atoms with Crippen LogP contribution in [0.15, 0.2) is 0 Å². The molecule has 198 valence electrons. The van der Waals surface area contributed by atoms with Crippen molar-refractivity contribution in [2.45, 2.75) is 157 Å². The molecule has 2 aliphatic rings. The van der Waals surface area contributed by atoms with E-state index < -0.39 is 0 Å². The van der Waals surface area contributed by atoms with Crippen LogP contribution in [0, 0.1) is 0 Å². The molecule has 2 aromatic carbocycles. The standard InChI is InChI=1S/C36H54/c1-19(2)31-25-15-13-14-16-26(25)32(20(3)4)28-18-30-29(17-27(28)31)33(21(5)6)35(23(9)10)36(24(11)12)34(30)22(7)8/h19-24H,13-18H2,1-12H3. The fourth-order valence-electron chi connectivity index (χ4n) is 8.25. The van der Waals surface area contributed by atoms with E-state index in [-0.39, 0.29) is 0 Å². The molecular weight excluding hydrogens is 432 g/mol. The van der Waals surface area contributed by atoms with Crippen molar-refractivity contribution >= 4 is 0 Å². The van der Waals surface area contributed by atoms with Gasteiger partial charge in [0.15, 0.2) is 0 Å². The molecule has 0 saturated heterocycles. The van der Waals surface area contributed by atoms with Gasteiger partial charge in [-0.05, 0) is 141 Å². The first kappa shape index (κ1) is 27.5. The summed E-state index contributed by atoms with van der Waals surface area (Å²) in [6.45, 7) is 29.4. The van der Waals surface area contributed by atoms with Crippen LogP contribution in [-0.4, -0.2) is 0 Å². The zero-order valence-corrected chi connectivity index (χ0v) is 25.7. The zero-order valence-electron chi connectivity index (χ0n) is 25.7. The quantitative estimate of drug-likeness (QED) is 0.325. The fourth-order valence-corrected chi connectivity index (χ4v) is 8.25. The highest BCUT2D eigenvalue weighted by Crippen LogP contribution is 2.50. The minimum absolute atomic E-state index is 0.557. The molecule has 0 nitrogen and oxygen atoms in total. The molecule has 0 atom stereocenters. The average Bonchev–Trinajstić information content (AvgIpc) is 2.78. The van der Waals surface area contributed by atoms with E-state index in [4.69, 9.17) is 0 Å². The minimum atomic E-state index is 0.557. The molecule has 0 heterocycles. The first-order valence-corrected chi connectivity index (χ1v) is 15.3. The summed E-state index contributed by atoms with van der Waals surface area (Å²) in [6, 6.07) is 0. The zero-order chi connectivity index (χ0) is 26.6. The highest BCUT2D eigenvalue weighted by atomic mass is 14.4. The van der Waals surface area contributed by atoms with Crippen molar-refractivity contribution in [3.63, 3.8) is 0 Å². The van der Waals surface area contributed by atoms with Crippen LogP contribution in [0.25, 0.3) is 0 Å². The molecule has 0 spiro atoms. The molecule has 4 rings (SSSR count). The summed E-state index contributed by atoms with van der Waals surface area (Å²) in [6.07, 6.45) is 7.61. The Labute approximate surface area is 223 Å². The average molecular weight is 487 g/mol. The second kappa shape index (κ2) is 10.3. The highest BCUT2D eigenvalue weighted by Gasteiger charge is 2.35. The lowest BCUT2D eigenvalue weighted by Gasteiger charge is -2.39. The Morgan fingerprint density at radius 1 is 0.306 bits per heavy atom. The monoisotopic (exact) mass is 486 g/mol. The van der Waals surface area contributed by atoms with Gasteiger partial charge in [0.2, 0.25) is 0 Å². The normalized spacial score (nSPS) is 15.5. The second-order valence-corrected chi connectivity index (χ2v) is 13.8. The number of benzene rings is 2. The van der Waals surface area contributed by atoms with Gasteiger partial charge in [-0.1, -0.05) is 83.1 Å². The lowest BCUT2D eigenvalue weighted by molar-refractivity contribution is 0.643. The first-order valence-electron chi connectivity index (χ1n) is 15.3. The van der Waals surface area contributed by atoms with E-state index in [1.807, 2.05) is 0 Å². The van der Waals surface area contributed by atoms with E-state index in [1.165, 1.54) is 25.7 Å². The summed E-state index contributed by atoms with van der Waals surface area (Å²) >= 11 is 0. The molecule has 0 radical (unpaired) electrons. The minimum Gasteiger partial charge on any atom is -0.0587 e. The molecule has 0 unspecified atom stereocenters. The second-order valence-electron chi connectivity index (χ2n) is 13.8. The van der Waals surface area contributed by atoms with Crippen LogP contribution in [0.2, 0.25) is 0 Å². The van der Waals surface area contributed by atoms with Gasteiger partial charge in [-0.25, -0.2) is 0 Å². The maximum absolute atomic E-state index is 2.46. The van der Waals surface area contributed by atoms with Crippen molar-refractivity contribution in [3.05, 3.63) is 66.8 Å². The molecule has 0 heteroatoms. The van der Waals surface area contributed by atoms with Gasteiger partial charge >= 0.3 is 0 Å². The maximum Gasteiger partial charge on any atom is -0.00140 e. The molecule has 0 N–H and O–H groups in total. The molecule has 36 heavy (non-hydrogen) atoms. The highest BCUT2D eigenvalue weighted by molar-refractivity contribution is 5.66. The number of fused-ring (bicyclic) bond motifs is 3. The van der Waals surface area contributed by atoms with Gasteiger partial charge in [-0.2, -0.15) is 0 Å². The van der Waals surface area contributed by atoms with Crippen molar-refractivity contribution in [1.29, 1.82) is 0 Å². The Morgan fingerprint density at radius 2 is 0.556 bits per heavy atom. The molecule has 0 saturated carbocycles. The lowest BCUT2D eigenvalue weighted by atomic mass is 9.65. The topological polar surface area (TPSA) is 0 Å². The van der Waals surface area contributed by atoms with E-state index >= 15 is 0 Å². The van der Waals surface area contributed by atoms with Crippen molar-refractivity contribution in [2.75, 3.05) is 0 Å². The fraction of sp³-hybridized carbons (Fsp3) is 0.667. The molecule has 2 aromatic rings. The summed E-state index contributed by atoms with van der Waals surface area (Å²) in [5.41, 5.74) is 20.6. The van der Waals surface area contributed by atoms with Crippen LogP contribution in [0.1, 0.15) is 198 Å². The lowest BCUT2D eigenvalue weighted by Crippen LogP contribution is -2.25. The van der Waals surface area contributed by atoms with Crippen LogP contribution < -0.4 is 0 Å². The van der Waals surface area contributed by atoms with E-state index in [0.29, 0.717) is 35.5 Å². The first-order chi connectivity index (χ1) is 16.9. The maximum atomic E-state index is 2.46. The van der Waals surface area contributed by atoms with Gasteiger partial charge in [0.1, 0.15) is 0 Å². The van der Waals surface area contributed by atoms with Crippen molar-refractivity contribution in [1.82, 2.24) is 0 Å². The Morgan fingerprint density at radius 3 is 0.806 bits per heavy atom. The SMILES string of the molecule is CC(C)c1c2c(c(C(C)C)c3c1Cc1c(c(C(C)C)c(C(C)C)c(C(C)C)c1C(C)C)C3)CCCC2. The third kappa shape index (κ3) is 4.39. The third-order valence-electron chi connectivity index (χ3n) is 9.19. The molecule has 0 fully saturated rings. The van der Waals surface area contributed by atoms with E-state index in [0.717, 1.165) is 12.8 Å². The molecule has 0 aliphatic heterocycles. The summed E-state index contributed by atoms with van der Waals surface area (Å²) in [5, 5.41) is 0. The predicted octanol–water partition coefficient (Wildman–Crippen LogP) is 10.8. The van der Waals surface area contributed by atoms with Crippen LogP contribution in [0.4, 0.5) is 0 Å². The number of hydrogen-bond donors (Lipinski definition) is 0. The summed E-state index contributed by atoms with van der Waals surface area (Å²) in [5.74, 6) is 3.42. The molecule has 0 aromatic heterocycles. The Balaban J connectivity index is 2.16. The van der Waals surface area contributed by atoms with E-state index in [9.17, 15) is 0 Å². The van der Waals surface area contributed by atoms with Gasteiger partial charge in [-0.15, -0.1) is 0 Å².